The van der Waals surface area contributed by atoms with E-state index in [4.69, 9.17) is 14.2 Å². The topological polar surface area (TPSA) is 78.9 Å². The molecule has 6 heteroatoms. The van der Waals surface area contributed by atoms with Gasteiger partial charge in [-0.05, 0) is 64.2 Å². The van der Waals surface area contributed by atoms with E-state index in [1.165, 1.54) is 0 Å². The molecule has 0 atom stereocenters. The van der Waals surface area contributed by atoms with Crippen molar-refractivity contribution in [2.24, 2.45) is 5.41 Å². The summed E-state index contributed by atoms with van der Waals surface area (Å²) < 4.78 is 16.2. The molecule has 0 N–H and O–H groups in total. The van der Waals surface area contributed by atoms with E-state index in [9.17, 15) is 14.4 Å². The molecule has 0 aromatic carbocycles. The third-order valence-electron chi connectivity index (χ3n) is 5.55. The zero-order valence-corrected chi connectivity index (χ0v) is 14.3. The summed E-state index contributed by atoms with van der Waals surface area (Å²) in [6, 6.07) is 0. The molecular formula is C18H26O6. The summed E-state index contributed by atoms with van der Waals surface area (Å²) in [4.78, 5) is 38.2. The van der Waals surface area contributed by atoms with E-state index >= 15 is 0 Å². The van der Waals surface area contributed by atoms with Crippen molar-refractivity contribution in [1.29, 1.82) is 0 Å². The van der Waals surface area contributed by atoms with Crippen LogP contribution in [0.15, 0.2) is 0 Å². The van der Waals surface area contributed by atoms with Gasteiger partial charge in [0.25, 0.3) is 5.41 Å². The molecule has 3 aliphatic carbocycles. The molecule has 6 nitrogen and oxygen atoms in total. The molecule has 3 aliphatic rings. The van der Waals surface area contributed by atoms with Crippen molar-refractivity contribution < 1.29 is 28.6 Å². The van der Waals surface area contributed by atoms with E-state index in [1.807, 2.05) is 0 Å². The first-order chi connectivity index (χ1) is 11.6. The molecule has 0 unspecified atom stereocenters. The first kappa shape index (κ1) is 17.2. The number of hydrogen-bond donors (Lipinski definition) is 0. The fourth-order valence-electron chi connectivity index (χ4n) is 2.90. The van der Waals surface area contributed by atoms with Crippen LogP contribution in [-0.2, 0) is 28.6 Å². The van der Waals surface area contributed by atoms with Crippen LogP contribution in [-0.4, -0.2) is 36.2 Å². The zero-order chi connectivity index (χ0) is 17.2. The maximum atomic E-state index is 12.7. The molecule has 3 saturated carbocycles. The van der Waals surface area contributed by atoms with Crippen LogP contribution in [0.2, 0.25) is 0 Å². The molecule has 134 valence electrons. The highest BCUT2D eigenvalue weighted by Gasteiger charge is 2.58. The molecule has 3 fully saturated rings. The second kappa shape index (κ2) is 7.11. The summed E-state index contributed by atoms with van der Waals surface area (Å²) in [6.45, 7) is 1.63. The maximum Gasteiger partial charge on any atom is 0.335 e. The molecule has 24 heavy (non-hydrogen) atoms. The van der Waals surface area contributed by atoms with Crippen molar-refractivity contribution in [3.05, 3.63) is 0 Å². The quantitative estimate of drug-likeness (QED) is 0.403. The second-order valence-corrected chi connectivity index (χ2v) is 7.13. The van der Waals surface area contributed by atoms with Gasteiger partial charge in [-0.2, -0.15) is 0 Å². The van der Waals surface area contributed by atoms with Gasteiger partial charge in [-0.3, -0.25) is 14.4 Å². The zero-order valence-electron chi connectivity index (χ0n) is 14.3. The van der Waals surface area contributed by atoms with Crippen LogP contribution in [0.3, 0.4) is 0 Å². The fraction of sp³-hybridized carbons (Fsp3) is 0.833. The summed E-state index contributed by atoms with van der Waals surface area (Å²) in [6.07, 6.45) is 7.06. The van der Waals surface area contributed by atoms with E-state index in [0.717, 1.165) is 57.8 Å². The lowest BCUT2D eigenvalue weighted by Gasteiger charge is -2.35. The SMILES string of the molecule is CCC(C(=O)OC1CCC1)(C(=O)OC1CCC1)C(=O)OC1CCC1. The van der Waals surface area contributed by atoms with E-state index in [-0.39, 0.29) is 24.7 Å². The molecule has 0 heterocycles. The van der Waals surface area contributed by atoms with Crippen LogP contribution in [0.4, 0.5) is 0 Å². The summed E-state index contributed by atoms with van der Waals surface area (Å²) >= 11 is 0. The smallest absolute Gasteiger partial charge is 0.335 e. The number of carbonyl (C=O) groups excluding carboxylic acids is 3. The van der Waals surface area contributed by atoms with E-state index in [2.05, 4.69) is 0 Å². The van der Waals surface area contributed by atoms with Gasteiger partial charge < -0.3 is 14.2 Å². The molecule has 0 aliphatic heterocycles. The molecule has 0 spiro atoms. The third kappa shape index (κ3) is 3.15. The normalized spacial score (nSPS) is 21.9. The Morgan fingerprint density at radius 2 is 1.00 bits per heavy atom. The number of ether oxygens (including phenoxy) is 3. The predicted octanol–water partition coefficient (Wildman–Crippen LogP) is 2.67. The van der Waals surface area contributed by atoms with Crippen molar-refractivity contribution in [3.63, 3.8) is 0 Å². The first-order valence-corrected chi connectivity index (χ1v) is 9.19. The van der Waals surface area contributed by atoms with Crippen LogP contribution < -0.4 is 0 Å². The number of rotatable bonds is 7. The molecule has 0 bridgehead atoms. The second-order valence-electron chi connectivity index (χ2n) is 7.13. The Morgan fingerprint density at radius 3 is 1.17 bits per heavy atom. The minimum absolute atomic E-state index is 0.00431. The maximum absolute atomic E-state index is 12.7. The molecule has 0 aromatic rings. The van der Waals surface area contributed by atoms with Crippen molar-refractivity contribution in [2.75, 3.05) is 0 Å². The van der Waals surface area contributed by atoms with Gasteiger partial charge in [-0.15, -0.1) is 0 Å². The highest BCUT2D eigenvalue weighted by Crippen LogP contribution is 2.36. The Morgan fingerprint density at radius 1 is 0.708 bits per heavy atom. The summed E-state index contributed by atoms with van der Waals surface area (Å²) in [5.41, 5.74) is -1.97. The Bertz CT molecular complexity index is 432. The lowest BCUT2D eigenvalue weighted by atomic mass is 9.83. The van der Waals surface area contributed by atoms with Crippen molar-refractivity contribution in [2.45, 2.75) is 89.4 Å². The first-order valence-electron chi connectivity index (χ1n) is 9.19. The predicted molar refractivity (Wildman–Crippen MR) is 83.9 cm³/mol. The average molecular weight is 338 g/mol. The minimum Gasteiger partial charge on any atom is -0.461 e. The Balaban J connectivity index is 1.76. The van der Waals surface area contributed by atoms with Crippen molar-refractivity contribution in [1.82, 2.24) is 0 Å². The molecular weight excluding hydrogens is 312 g/mol. The molecule has 3 rings (SSSR count). The average Bonchev–Trinajstić information content (AvgIpc) is 2.43. The van der Waals surface area contributed by atoms with E-state index in [1.54, 1.807) is 6.92 Å². The molecule has 0 saturated heterocycles. The molecule has 0 radical (unpaired) electrons. The van der Waals surface area contributed by atoms with Gasteiger partial charge in [-0.25, -0.2) is 0 Å². The van der Waals surface area contributed by atoms with E-state index < -0.39 is 23.3 Å². The van der Waals surface area contributed by atoms with Crippen LogP contribution in [0.5, 0.6) is 0 Å². The minimum atomic E-state index is -1.97. The van der Waals surface area contributed by atoms with Gasteiger partial charge in [0.1, 0.15) is 18.3 Å². The highest BCUT2D eigenvalue weighted by molar-refractivity contribution is 6.18. The monoisotopic (exact) mass is 338 g/mol. The number of hydrogen-bond acceptors (Lipinski definition) is 6. The lowest BCUT2D eigenvalue weighted by Crippen LogP contribution is -2.52. The Labute approximate surface area is 142 Å². The van der Waals surface area contributed by atoms with Gasteiger partial charge in [0.05, 0.1) is 0 Å². The van der Waals surface area contributed by atoms with E-state index in [0.29, 0.717) is 0 Å². The Kier molecular flexibility index (Phi) is 5.11. The van der Waals surface area contributed by atoms with Crippen LogP contribution in [0, 0.1) is 5.41 Å². The summed E-state index contributed by atoms with van der Waals surface area (Å²) in [7, 11) is 0. The standard InChI is InChI=1S/C18H26O6/c1-2-18(15(19)22-12-6-3-7-12,16(20)23-13-8-4-9-13)17(21)24-14-10-5-11-14/h12-14H,2-11H2,1H3. The third-order valence-corrected chi connectivity index (χ3v) is 5.55. The van der Waals surface area contributed by atoms with Crippen molar-refractivity contribution in [3.8, 4) is 0 Å². The van der Waals surface area contributed by atoms with Crippen LogP contribution in [0.1, 0.15) is 71.1 Å². The molecule has 0 aromatic heterocycles. The van der Waals surface area contributed by atoms with Gasteiger partial charge in [0.15, 0.2) is 0 Å². The van der Waals surface area contributed by atoms with Gasteiger partial charge in [-0.1, -0.05) is 6.92 Å². The lowest BCUT2D eigenvalue weighted by molar-refractivity contribution is -0.195. The Hall–Kier alpha value is -1.59. The molecule has 0 amide bonds. The van der Waals surface area contributed by atoms with Crippen LogP contribution in [0.25, 0.3) is 0 Å². The highest BCUT2D eigenvalue weighted by atomic mass is 16.6. The van der Waals surface area contributed by atoms with Crippen LogP contribution >= 0.6 is 0 Å². The number of carbonyl (C=O) groups is 3. The largest absolute Gasteiger partial charge is 0.461 e. The van der Waals surface area contributed by atoms with Gasteiger partial charge in [0.2, 0.25) is 0 Å². The summed E-state index contributed by atoms with van der Waals surface area (Å²) in [5, 5.41) is 0. The fourth-order valence-corrected chi connectivity index (χ4v) is 2.90. The van der Waals surface area contributed by atoms with Gasteiger partial charge in [0, 0.05) is 0 Å². The number of esters is 3. The van der Waals surface area contributed by atoms with Crippen molar-refractivity contribution >= 4 is 17.9 Å². The van der Waals surface area contributed by atoms with Gasteiger partial charge >= 0.3 is 17.9 Å². The summed E-state index contributed by atoms with van der Waals surface area (Å²) in [5.74, 6) is -2.41.